The van der Waals surface area contributed by atoms with Crippen molar-refractivity contribution in [1.82, 2.24) is 0 Å². The number of carboxylic acids is 2. The Morgan fingerprint density at radius 2 is 1.42 bits per heavy atom. The van der Waals surface area contributed by atoms with Crippen LogP contribution in [0.1, 0.15) is 72.1 Å². The van der Waals surface area contributed by atoms with E-state index >= 15 is 0 Å². The molecule has 0 saturated heterocycles. The lowest BCUT2D eigenvalue weighted by Crippen LogP contribution is -2.46. The molecule has 1 atom stereocenters. The zero-order valence-electron chi connectivity index (χ0n) is 12.4. The molecule has 112 valence electrons. The minimum Gasteiger partial charge on any atom is -0.480 e. The fraction of sp³-hybridized carbons (Fsp3) is 0.867. The molecule has 4 heteroatoms. The largest absolute Gasteiger partial charge is 0.480 e. The molecule has 0 aromatic carbocycles. The fourth-order valence-electron chi connectivity index (χ4n) is 2.75. The van der Waals surface area contributed by atoms with Crippen LogP contribution in [0.2, 0.25) is 0 Å². The first-order chi connectivity index (χ1) is 8.97. The van der Waals surface area contributed by atoms with Crippen molar-refractivity contribution in [3.8, 4) is 0 Å². The van der Waals surface area contributed by atoms with E-state index < -0.39 is 17.4 Å². The summed E-state index contributed by atoms with van der Waals surface area (Å²) in [5.41, 5.74) is -1.60. The van der Waals surface area contributed by atoms with Crippen LogP contribution in [0.15, 0.2) is 0 Å². The Labute approximate surface area is 116 Å². The summed E-state index contributed by atoms with van der Waals surface area (Å²) in [5, 5.41) is 19.1. The van der Waals surface area contributed by atoms with Crippen LogP contribution in [0.5, 0.6) is 0 Å². The summed E-state index contributed by atoms with van der Waals surface area (Å²) in [7, 11) is 0. The minimum absolute atomic E-state index is 0.239. The Morgan fingerprint density at radius 1 is 0.895 bits per heavy atom. The molecule has 19 heavy (non-hydrogen) atoms. The Hall–Kier alpha value is -1.06. The van der Waals surface area contributed by atoms with Crippen LogP contribution in [-0.2, 0) is 9.59 Å². The van der Waals surface area contributed by atoms with Gasteiger partial charge in [-0.05, 0) is 25.2 Å². The predicted octanol–water partition coefficient (Wildman–Crippen LogP) is 3.94. The third-order valence-electron chi connectivity index (χ3n) is 3.93. The van der Waals surface area contributed by atoms with Gasteiger partial charge in [-0.1, -0.05) is 52.9 Å². The first kappa shape index (κ1) is 17.9. The molecule has 1 unspecified atom stereocenters. The van der Waals surface area contributed by atoms with Crippen molar-refractivity contribution in [3.05, 3.63) is 0 Å². The molecular weight excluding hydrogens is 244 g/mol. The molecule has 0 aliphatic heterocycles. The third kappa shape index (κ3) is 4.51. The van der Waals surface area contributed by atoms with Crippen LogP contribution in [0, 0.1) is 11.3 Å². The second-order valence-electron chi connectivity index (χ2n) is 5.31. The zero-order valence-corrected chi connectivity index (χ0v) is 12.4. The van der Waals surface area contributed by atoms with E-state index in [0.29, 0.717) is 19.3 Å². The lowest BCUT2D eigenvalue weighted by molar-refractivity contribution is -0.171. The molecule has 2 N–H and O–H groups in total. The molecule has 0 radical (unpaired) electrons. The SMILES string of the molecule is CCCCC(CCC)C(CCCC)(C(=O)O)C(=O)O. The van der Waals surface area contributed by atoms with Crippen LogP contribution in [0.4, 0.5) is 0 Å². The molecule has 0 saturated carbocycles. The Bertz CT molecular complexity index is 272. The van der Waals surface area contributed by atoms with E-state index in [1.807, 2.05) is 20.8 Å². The number of hydrogen-bond acceptors (Lipinski definition) is 2. The standard InChI is InChI=1S/C15H28O4/c1-4-7-10-12(9-6-3)15(13(16)17,14(18)19)11-8-5-2/h12H,4-11H2,1-3H3,(H,16,17)(H,18,19). The lowest BCUT2D eigenvalue weighted by Gasteiger charge is -2.33. The van der Waals surface area contributed by atoms with E-state index in [2.05, 4.69) is 0 Å². The monoisotopic (exact) mass is 272 g/mol. The van der Waals surface area contributed by atoms with Crippen LogP contribution in [0.3, 0.4) is 0 Å². The highest BCUT2D eigenvalue weighted by atomic mass is 16.4. The van der Waals surface area contributed by atoms with Gasteiger partial charge in [-0.25, -0.2) is 0 Å². The second-order valence-corrected chi connectivity index (χ2v) is 5.31. The Balaban J connectivity index is 5.32. The first-order valence-electron chi connectivity index (χ1n) is 7.44. The van der Waals surface area contributed by atoms with Crippen LogP contribution in [0.25, 0.3) is 0 Å². The minimum atomic E-state index is -1.60. The summed E-state index contributed by atoms with van der Waals surface area (Å²) in [4.78, 5) is 23.3. The van der Waals surface area contributed by atoms with Gasteiger partial charge in [-0.15, -0.1) is 0 Å². The maximum Gasteiger partial charge on any atom is 0.321 e. The summed E-state index contributed by atoms with van der Waals surface area (Å²) in [6, 6.07) is 0. The topological polar surface area (TPSA) is 74.6 Å². The molecule has 0 heterocycles. The Kier molecular flexibility index (Phi) is 8.44. The van der Waals surface area contributed by atoms with Crippen LogP contribution < -0.4 is 0 Å². The molecule has 0 fully saturated rings. The van der Waals surface area contributed by atoms with Crippen molar-refractivity contribution in [1.29, 1.82) is 0 Å². The number of rotatable bonds is 11. The number of carbonyl (C=O) groups is 2. The highest BCUT2D eigenvalue weighted by Crippen LogP contribution is 2.40. The van der Waals surface area contributed by atoms with Crippen molar-refractivity contribution >= 4 is 11.9 Å². The number of unbranched alkanes of at least 4 members (excludes halogenated alkanes) is 2. The van der Waals surface area contributed by atoms with Crippen molar-refractivity contribution in [3.63, 3.8) is 0 Å². The van der Waals surface area contributed by atoms with Gasteiger partial charge in [-0.3, -0.25) is 9.59 Å². The number of hydrogen-bond donors (Lipinski definition) is 2. The average molecular weight is 272 g/mol. The fourth-order valence-corrected chi connectivity index (χ4v) is 2.75. The summed E-state index contributed by atoms with van der Waals surface area (Å²) < 4.78 is 0. The van der Waals surface area contributed by atoms with Crippen LogP contribution in [-0.4, -0.2) is 22.2 Å². The van der Waals surface area contributed by atoms with Gasteiger partial charge in [0.15, 0.2) is 5.41 Å². The first-order valence-corrected chi connectivity index (χ1v) is 7.44. The molecule has 0 aromatic rings. The van der Waals surface area contributed by atoms with E-state index in [-0.39, 0.29) is 12.3 Å². The van der Waals surface area contributed by atoms with Crippen LogP contribution >= 0.6 is 0 Å². The lowest BCUT2D eigenvalue weighted by atomic mass is 9.68. The maximum absolute atomic E-state index is 11.7. The summed E-state index contributed by atoms with van der Waals surface area (Å²) in [6.45, 7) is 5.97. The zero-order chi connectivity index (χ0) is 14.9. The second kappa shape index (κ2) is 8.94. The van der Waals surface area contributed by atoms with E-state index in [1.165, 1.54) is 0 Å². The van der Waals surface area contributed by atoms with E-state index in [4.69, 9.17) is 0 Å². The molecule has 0 aromatic heterocycles. The molecule has 0 rings (SSSR count). The number of carboxylic acid groups (broad SMARTS) is 2. The molecular formula is C15H28O4. The molecule has 4 nitrogen and oxygen atoms in total. The van der Waals surface area contributed by atoms with Crippen molar-refractivity contribution < 1.29 is 19.8 Å². The summed E-state index contributed by atoms with van der Waals surface area (Å²) in [5.74, 6) is -2.59. The van der Waals surface area contributed by atoms with Crippen molar-refractivity contribution in [2.24, 2.45) is 11.3 Å². The summed E-state index contributed by atoms with van der Waals surface area (Å²) in [6.07, 6.45) is 5.72. The highest BCUT2D eigenvalue weighted by Gasteiger charge is 2.51. The van der Waals surface area contributed by atoms with Crippen molar-refractivity contribution in [2.75, 3.05) is 0 Å². The van der Waals surface area contributed by atoms with Gasteiger partial charge in [0.25, 0.3) is 0 Å². The van der Waals surface area contributed by atoms with E-state index in [9.17, 15) is 19.8 Å². The molecule has 0 aliphatic rings. The smallest absolute Gasteiger partial charge is 0.321 e. The van der Waals surface area contributed by atoms with Gasteiger partial charge >= 0.3 is 11.9 Å². The van der Waals surface area contributed by atoms with Gasteiger partial charge in [0.2, 0.25) is 0 Å². The summed E-state index contributed by atoms with van der Waals surface area (Å²) >= 11 is 0. The van der Waals surface area contributed by atoms with Gasteiger partial charge in [-0.2, -0.15) is 0 Å². The van der Waals surface area contributed by atoms with Gasteiger partial charge in [0.1, 0.15) is 0 Å². The van der Waals surface area contributed by atoms with E-state index in [1.54, 1.807) is 0 Å². The number of aliphatic carboxylic acids is 2. The molecule has 0 aliphatic carbocycles. The molecule has 0 spiro atoms. The normalized spacial score (nSPS) is 13.2. The maximum atomic E-state index is 11.7. The quantitative estimate of drug-likeness (QED) is 0.559. The molecule has 0 bridgehead atoms. The van der Waals surface area contributed by atoms with E-state index in [0.717, 1.165) is 25.7 Å². The average Bonchev–Trinajstić information content (AvgIpc) is 2.35. The van der Waals surface area contributed by atoms with Gasteiger partial charge in [0.05, 0.1) is 0 Å². The van der Waals surface area contributed by atoms with Gasteiger partial charge < -0.3 is 10.2 Å². The third-order valence-corrected chi connectivity index (χ3v) is 3.93. The molecule has 0 amide bonds. The predicted molar refractivity (Wildman–Crippen MR) is 75.2 cm³/mol. The Morgan fingerprint density at radius 3 is 1.79 bits per heavy atom. The highest BCUT2D eigenvalue weighted by molar-refractivity contribution is 5.98. The van der Waals surface area contributed by atoms with Crippen molar-refractivity contribution in [2.45, 2.75) is 72.1 Å². The van der Waals surface area contributed by atoms with Gasteiger partial charge in [0, 0.05) is 0 Å².